The second kappa shape index (κ2) is 3.24. The molecule has 1 unspecified atom stereocenters. The molecule has 6 heteroatoms. The second-order valence-electron chi connectivity index (χ2n) is 3.69. The Morgan fingerprint density at radius 3 is 2.67 bits per heavy atom. The monoisotopic (exact) mass is 229 g/mol. The number of hydrogen-bond donors (Lipinski definition) is 2. The van der Waals surface area contributed by atoms with Gasteiger partial charge in [0.25, 0.3) is 0 Å². The minimum atomic E-state index is -1.08. The van der Waals surface area contributed by atoms with E-state index in [0.717, 1.165) is 0 Å². The Kier molecular flexibility index (Phi) is 2.27. The van der Waals surface area contributed by atoms with Crippen LogP contribution in [-0.4, -0.2) is 38.5 Å². The Morgan fingerprint density at radius 2 is 2.20 bits per heavy atom. The lowest BCUT2D eigenvalue weighted by molar-refractivity contribution is -0.156. The fraction of sp³-hybridized carbons (Fsp3) is 0.556. The van der Waals surface area contributed by atoms with E-state index in [0.29, 0.717) is 4.91 Å². The predicted molar refractivity (Wildman–Crippen MR) is 53.7 cm³/mol. The summed E-state index contributed by atoms with van der Waals surface area (Å²) in [6, 6.07) is 0. The first-order chi connectivity index (χ1) is 6.95. The zero-order chi connectivity index (χ0) is 11.3. The molecule has 2 heterocycles. The van der Waals surface area contributed by atoms with Gasteiger partial charge >= 0.3 is 5.97 Å². The number of aliphatic hydroxyl groups excluding tert-OH is 1. The van der Waals surface area contributed by atoms with Crippen molar-refractivity contribution in [3.8, 4) is 0 Å². The van der Waals surface area contributed by atoms with Gasteiger partial charge in [-0.2, -0.15) is 0 Å². The molecule has 0 radical (unpaired) electrons. The molecule has 0 aromatic heterocycles. The number of allylic oxidation sites excluding steroid dienone is 1. The molecule has 15 heavy (non-hydrogen) atoms. The summed E-state index contributed by atoms with van der Waals surface area (Å²) in [7, 11) is 0. The standard InChI is InChI=1S/C9H11NO4S/c1-3(11)5-7(12)10-6(9(13)14)4(2)15-8(5)10/h3,5,8,11H,1-2H3,(H,13,14)/t3?,5-,8+/m0/s1. The quantitative estimate of drug-likeness (QED) is 0.662. The van der Waals surface area contributed by atoms with Gasteiger partial charge in [-0.25, -0.2) is 4.79 Å². The maximum atomic E-state index is 11.6. The molecular weight excluding hydrogens is 218 g/mol. The number of thioether (sulfide) groups is 1. The van der Waals surface area contributed by atoms with Crippen LogP contribution >= 0.6 is 11.8 Å². The zero-order valence-electron chi connectivity index (χ0n) is 8.30. The van der Waals surface area contributed by atoms with Crippen LogP contribution in [0.1, 0.15) is 13.8 Å². The number of hydrogen-bond acceptors (Lipinski definition) is 4. The summed E-state index contributed by atoms with van der Waals surface area (Å²) in [6.07, 6.45) is -0.729. The van der Waals surface area contributed by atoms with E-state index < -0.39 is 18.0 Å². The molecule has 0 bridgehead atoms. The van der Waals surface area contributed by atoms with Gasteiger partial charge in [0.15, 0.2) is 0 Å². The van der Waals surface area contributed by atoms with Crippen molar-refractivity contribution in [1.82, 2.24) is 4.90 Å². The van der Waals surface area contributed by atoms with Gasteiger partial charge in [-0.05, 0) is 13.8 Å². The van der Waals surface area contributed by atoms with Gasteiger partial charge in [0.2, 0.25) is 5.91 Å². The molecule has 3 atom stereocenters. The summed E-state index contributed by atoms with van der Waals surface area (Å²) < 4.78 is 0. The van der Waals surface area contributed by atoms with Crippen molar-refractivity contribution in [1.29, 1.82) is 0 Å². The first-order valence-electron chi connectivity index (χ1n) is 4.57. The topological polar surface area (TPSA) is 77.8 Å². The average Bonchev–Trinajstić information content (AvgIpc) is 2.38. The van der Waals surface area contributed by atoms with E-state index in [9.17, 15) is 14.7 Å². The summed E-state index contributed by atoms with van der Waals surface area (Å²) in [4.78, 5) is 24.4. The van der Waals surface area contributed by atoms with E-state index in [1.165, 1.54) is 16.7 Å². The highest BCUT2D eigenvalue weighted by Crippen LogP contribution is 2.49. The molecule has 0 spiro atoms. The summed E-state index contributed by atoms with van der Waals surface area (Å²) in [5.41, 5.74) is 0.0619. The molecule has 0 aromatic rings. The van der Waals surface area contributed by atoms with Crippen molar-refractivity contribution in [2.24, 2.45) is 5.92 Å². The second-order valence-corrected chi connectivity index (χ2v) is 5.02. The van der Waals surface area contributed by atoms with Gasteiger partial charge in [-0.1, -0.05) is 0 Å². The van der Waals surface area contributed by atoms with E-state index in [1.54, 1.807) is 13.8 Å². The van der Waals surface area contributed by atoms with E-state index >= 15 is 0 Å². The molecule has 2 aliphatic heterocycles. The highest BCUT2D eigenvalue weighted by Gasteiger charge is 2.56. The maximum absolute atomic E-state index is 11.6. The molecule has 82 valence electrons. The largest absolute Gasteiger partial charge is 0.477 e. The lowest BCUT2D eigenvalue weighted by atomic mass is 9.92. The SMILES string of the molecule is CC1=C(C(=O)O)N2C(=O)[C@H](C(C)O)[C@H]2S1. The van der Waals surface area contributed by atoms with Gasteiger partial charge < -0.3 is 10.2 Å². The van der Waals surface area contributed by atoms with Crippen molar-refractivity contribution >= 4 is 23.6 Å². The molecule has 1 fully saturated rings. The molecule has 2 N–H and O–H groups in total. The van der Waals surface area contributed by atoms with E-state index in [1.807, 2.05) is 0 Å². The smallest absolute Gasteiger partial charge is 0.353 e. The van der Waals surface area contributed by atoms with Gasteiger partial charge in [0.1, 0.15) is 11.1 Å². The van der Waals surface area contributed by atoms with Crippen molar-refractivity contribution in [2.45, 2.75) is 25.3 Å². The van der Waals surface area contributed by atoms with Crippen molar-refractivity contribution in [3.05, 3.63) is 10.6 Å². The van der Waals surface area contributed by atoms with Crippen molar-refractivity contribution in [2.75, 3.05) is 0 Å². The van der Waals surface area contributed by atoms with Crippen LogP contribution < -0.4 is 0 Å². The van der Waals surface area contributed by atoms with Gasteiger partial charge in [-0.15, -0.1) is 11.8 Å². The van der Waals surface area contributed by atoms with E-state index in [-0.39, 0.29) is 17.0 Å². The number of carbonyl (C=O) groups is 2. The van der Waals surface area contributed by atoms with Crippen molar-refractivity contribution in [3.63, 3.8) is 0 Å². The van der Waals surface area contributed by atoms with Crippen LogP contribution in [0, 0.1) is 5.92 Å². The molecule has 0 saturated carbocycles. The summed E-state index contributed by atoms with van der Waals surface area (Å²) >= 11 is 1.34. The molecule has 1 amide bonds. The number of aliphatic carboxylic acids is 1. The van der Waals surface area contributed by atoms with Gasteiger partial charge in [0.05, 0.1) is 12.0 Å². The highest BCUT2D eigenvalue weighted by atomic mass is 32.2. The number of amides is 1. The Morgan fingerprint density at radius 1 is 1.60 bits per heavy atom. The molecule has 5 nitrogen and oxygen atoms in total. The van der Waals surface area contributed by atoms with Crippen LogP contribution in [0.3, 0.4) is 0 Å². The molecular formula is C9H11NO4S. The summed E-state index contributed by atoms with van der Waals surface area (Å²) in [5, 5.41) is 18.1. The van der Waals surface area contributed by atoms with Crippen LogP contribution in [0.4, 0.5) is 0 Å². The normalized spacial score (nSPS) is 31.4. The Labute approximate surface area is 90.8 Å². The Hall–Kier alpha value is -1.01. The lowest BCUT2D eigenvalue weighted by Crippen LogP contribution is -2.60. The van der Waals surface area contributed by atoms with Crippen LogP contribution in [0.25, 0.3) is 0 Å². The van der Waals surface area contributed by atoms with Crippen LogP contribution in [0.2, 0.25) is 0 Å². The molecule has 2 aliphatic rings. The first-order valence-corrected chi connectivity index (χ1v) is 5.45. The first kappa shape index (κ1) is 10.5. The Bertz CT molecular complexity index is 376. The minimum Gasteiger partial charge on any atom is -0.477 e. The Balaban J connectivity index is 2.27. The summed E-state index contributed by atoms with van der Waals surface area (Å²) in [5.74, 6) is -1.85. The predicted octanol–water partition coefficient (Wildman–Crippen LogP) is 0.215. The third kappa shape index (κ3) is 1.28. The zero-order valence-corrected chi connectivity index (χ0v) is 9.11. The lowest BCUT2D eigenvalue weighted by Gasteiger charge is -2.43. The third-order valence-electron chi connectivity index (χ3n) is 2.68. The number of fused-ring (bicyclic) bond motifs is 1. The molecule has 2 rings (SSSR count). The van der Waals surface area contributed by atoms with Gasteiger partial charge in [-0.3, -0.25) is 9.69 Å². The number of nitrogens with zero attached hydrogens (tertiary/aromatic N) is 1. The fourth-order valence-electron chi connectivity index (χ4n) is 1.95. The molecule has 0 aliphatic carbocycles. The van der Waals surface area contributed by atoms with E-state index in [2.05, 4.69) is 0 Å². The van der Waals surface area contributed by atoms with Crippen LogP contribution in [-0.2, 0) is 9.59 Å². The van der Waals surface area contributed by atoms with Crippen molar-refractivity contribution < 1.29 is 19.8 Å². The van der Waals surface area contributed by atoms with Crippen LogP contribution in [0.5, 0.6) is 0 Å². The molecule has 1 saturated heterocycles. The number of aliphatic hydroxyl groups is 1. The number of carboxylic acid groups (broad SMARTS) is 1. The number of β-lactam (4-membered cyclic amide) rings is 1. The number of carboxylic acids is 1. The van der Waals surface area contributed by atoms with E-state index in [4.69, 9.17) is 5.11 Å². The van der Waals surface area contributed by atoms with Gasteiger partial charge in [0, 0.05) is 4.91 Å². The third-order valence-corrected chi connectivity index (χ3v) is 3.97. The highest BCUT2D eigenvalue weighted by molar-refractivity contribution is 8.04. The molecule has 0 aromatic carbocycles. The number of rotatable bonds is 2. The minimum absolute atomic E-state index is 0.0619. The summed E-state index contributed by atoms with van der Waals surface area (Å²) in [6.45, 7) is 3.23. The maximum Gasteiger partial charge on any atom is 0.353 e. The number of carbonyl (C=O) groups excluding carboxylic acids is 1. The fourth-order valence-corrected chi connectivity index (χ4v) is 3.42. The average molecular weight is 229 g/mol. The van der Waals surface area contributed by atoms with Crippen LogP contribution in [0.15, 0.2) is 10.6 Å².